The maximum Gasteiger partial charge on any atom is 0.494 e. The van der Waals surface area contributed by atoms with Gasteiger partial charge in [0.05, 0.1) is 11.2 Å². The van der Waals surface area contributed by atoms with E-state index in [9.17, 15) is 0 Å². The Morgan fingerprint density at radius 2 is 0.755 bits per heavy atom. The summed E-state index contributed by atoms with van der Waals surface area (Å²) in [6.07, 6.45) is 0. The van der Waals surface area contributed by atoms with Gasteiger partial charge in [-0.2, -0.15) is 0 Å². The van der Waals surface area contributed by atoms with E-state index in [0.717, 1.165) is 39.6 Å². The average Bonchev–Trinajstić information content (AvgIpc) is 3.35. The van der Waals surface area contributed by atoms with Crippen molar-refractivity contribution in [1.82, 2.24) is 0 Å². The maximum absolute atomic E-state index is 6.70. The van der Waals surface area contributed by atoms with Gasteiger partial charge in [0.15, 0.2) is 0 Å². The van der Waals surface area contributed by atoms with Gasteiger partial charge >= 0.3 is 7.12 Å². The van der Waals surface area contributed by atoms with Crippen molar-refractivity contribution in [2.45, 2.75) is 38.9 Å². The fourth-order valence-electron chi connectivity index (χ4n) is 6.67. The van der Waals surface area contributed by atoms with Gasteiger partial charge in [-0.05, 0) is 121 Å². The molecule has 1 saturated heterocycles. The first-order valence-corrected chi connectivity index (χ1v) is 16.9. The molecule has 0 unspecified atom stereocenters. The molecule has 1 aliphatic rings. The molecular formula is C44H39BN2O2. The molecule has 0 atom stereocenters. The average molecular weight is 639 g/mol. The van der Waals surface area contributed by atoms with Crippen molar-refractivity contribution in [1.29, 1.82) is 0 Å². The molecule has 49 heavy (non-hydrogen) atoms. The first-order valence-electron chi connectivity index (χ1n) is 16.9. The molecule has 0 radical (unpaired) electrons. The van der Waals surface area contributed by atoms with E-state index in [1.807, 2.05) is 0 Å². The molecule has 0 aromatic heterocycles. The van der Waals surface area contributed by atoms with Crippen molar-refractivity contribution in [2.75, 3.05) is 9.80 Å². The van der Waals surface area contributed by atoms with Crippen LogP contribution in [0.1, 0.15) is 27.7 Å². The van der Waals surface area contributed by atoms with E-state index in [2.05, 4.69) is 201 Å². The lowest BCUT2D eigenvalue weighted by atomic mass is 9.78. The van der Waals surface area contributed by atoms with Crippen LogP contribution >= 0.6 is 0 Å². The molecule has 0 spiro atoms. The zero-order valence-electron chi connectivity index (χ0n) is 28.4. The number of para-hydroxylation sites is 2. The molecule has 0 bridgehead atoms. The SMILES string of the molecule is CC1(C)OB(c2cc(N(c3ccccc3)c3ccc4ccccc4c3)cc(N(c3ccccc3)c3ccc4ccccc4c3)c2)OC1(C)C. The van der Waals surface area contributed by atoms with Crippen LogP contribution < -0.4 is 15.3 Å². The summed E-state index contributed by atoms with van der Waals surface area (Å²) in [6, 6.07) is 58.2. The van der Waals surface area contributed by atoms with Crippen molar-refractivity contribution in [2.24, 2.45) is 0 Å². The highest BCUT2D eigenvalue weighted by Gasteiger charge is 2.52. The molecule has 0 aliphatic carbocycles. The molecule has 1 heterocycles. The standard InChI is InChI=1S/C44H39BN2O2/c1-43(2)44(3,4)49-45(48-43)36-29-41(46(37-19-7-5-8-20-37)39-25-23-32-15-11-13-17-34(32)27-39)31-42(30-36)47(38-21-9-6-10-22-38)40-26-24-33-16-12-14-18-35(33)28-40/h5-31H,1-4H3. The molecule has 8 rings (SSSR count). The van der Waals surface area contributed by atoms with E-state index in [1.54, 1.807) is 0 Å². The van der Waals surface area contributed by atoms with Gasteiger partial charge in [-0.15, -0.1) is 0 Å². The van der Waals surface area contributed by atoms with Gasteiger partial charge < -0.3 is 19.1 Å². The molecule has 5 heteroatoms. The van der Waals surface area contributed by atoms with Crippen molar-refractivity contribution >= 4 is 68.3 Å². The Bertz CT molecular complexity index is 2110. The summed E-state index contributed by atoms with van der Waals surface area (Å²) < 4.78 is 13.4. The minimum absolute atomic E-state index is 0.483. The van der Waals surface area contributed by atoms with Crippen molar-refractivity contribution in [3.8, 4) is 0 Å². The predicted molar refractivity (Wildman–Crippen MR) is 207 cm³/mol. The Balaban J connectivity index is 1.37. The van der Waals surface area contributed by atoms with Crippen LogP contribution in [0.5, 0.6) is 0 Å². The minimum Gasteiger partial charge on any atom is -0.399 e. The number of fused-ring (bicyclic) bond motifs is 2. The Labute approximate surface area is 289 Å². The Morgan fingerprint density at radius 1 is 0.367 bits per heavy atom. The Kier molecular flexibility index (Phi) is 7.75. The van der Waals surface area contributed by atoms with E-state index in [0.29, 0.717) is 0 Å². The van der Waals surface area contributed by atoms with Gasteiger partial charge in [0.2, 0.25) is 0 Å². The van der Waals surface area contributed by atoms with Crippen LogP contribution in [0.15, 0.2) is 164 Å². The van der Waals surface area contributed by atoms with Gasteiger partial charge in [0.25, 0.3) is 0 Å². The van der Waals surface area contributed by atoms with Gasteiger partial charge in [-0.3, -0.25) is 0 Å². The number of anilines is 6. The lowest BCUT2D eigenvalue weighted by Gasteiger charge is -2.32. The lowest BCUT2D eigenvalue weighted by Crippen LogP contribution is -2.41. The highest BCUT2D eigenvalue weighted by molar-refractivity contribution is 6.62. The number of nitrogens with zero attached hydrogens (tertiary/aromatic N) is 2. The smallest absolute Gasteiger partial charge is 0.399 e. The minimum atomic E-state index is -0.549. The quantitative estimate of drug-likeness (QED) is 0.162. The van der Waals surface area contributed by atoms with Gasteiger partial charge in [0.1, 0.15) is 0 Å². The van der Waals surface area contributed by atoms with Crippen LogP contribution in [-0.2, 0) is 9.31 Å². The van der Waals surface area contributed by atoms with E-state index < -0.39 is 18.3 Å². The summed E-state index contributed by atoms with van der Waals surface area (Å²) in [5.74, 6) is 0. The Morgan fingerprint density at radius 3 is 1.18 bits per heavy atom. The highest BCUT2D eigenvalue weighted by Crippen LogP contribution is 2.43. The number of benzene rings is 7. The predicted octanol–water partition coefficient (Wildman–Crippen LogP) is 11.2. The van der Waals surface area contributed by atoms with E-state index in [1.165, 1.54) is 21.5 Å². The third-order valence-electron chi connectivity index (χ3n) is 9.98. The summed E-state index contributed by atoms with van der Waals surface area (Å²) in [4.78, 5) is 4.66. The topological polar surface area (TPSA) is 24.9 Å². The first-order chi connectivity index (χ1) is 23.8. The van der Waals surface area contributed by atoms with E-state index in [4.69, 9.17) is 9.31 Å². The molecule has 240 valence electrons. The molecule has 0 N–H and O–H groups in total. The summed E-state index contributed by atoms with van der Waals surface area (Å²) in [6.45, 7) is 8.42. The fraction of sp³-hybridized carbons (Fsp3) is 0.136. The van der Waals surface area contributed by atoms with Crippen LogP contribution in [0.4, 0.5) is 34.1 Å². The summed E-state index contributed by atoms with van der Waals surface area (Å²) in [5.41, 5.74) is 6.26. The molecule has 1 aliphatic heterocycles. The second kappa shape index (κ2) is 12.3. The van der Waals surface area contributed by atoms with Gasteiger partial charge in [0, 0.05) is 34.1 Å². The molecule has 1 fully saturated rings. The highest BCUT2D eigenvalue weighted by atomic mass is 16.7. The third-order valence-corrected chi connectivity index (χ3v) is 9.98. The van der Waals surface area contributed by atoms with Crippen LogP contribution in [0, 0.1) is 0 Å². The number of hydrogen-bond donors (Lipinski definition) is 0. The molecule has 4 nitrogen and oxygen atoms in total. The zero-order chi connectivity index (χ0) is 33.6. The second-order valence-electron chi connectivity index (χ2n) is 13.8. The molecule has 7 aromatic carbocycles. The number of rotatable bonds is 7. The van der Waals surface area contributed by atoms with Crippen molar-refractivity contribution < 1.29 is 9.31 Å². The normalized spacial score (nSPS) is 15.1. The van der Waals surface area contributed by atoms with Crippen LogP contribution in [-0.4, -0.2) is 18.3 Å². The maximum atomic E-state index is 6.70. The van der Waals surface area contributed by atoms with Crippen LogP contribution in [0.3, 0.4) is 0 Å². The molecule has 0 saturated carbocycles. The van der Waals surface area contributed by atoms with Crippen LogP contribution in [0.2, 0.25) is 0 Å². The van der Waals surface area contributed by atoms with E-state index in [-0.39, 0.29) is 0 Å². The first kappa shape index (κ1) is 30.9. The van der Waals surface area contributed by atoms with Crippen molar-refractivity contribution in [3.05, 3.63) is 164 Å². The van der Waals surface area contributed by atoms with Crippen LogP contribution in [0.25, 0.3) is 21.5 Å². The van der Waals surface area contributed by atoms with E-state index >= 15 is 0 Å². The molecule has 7 aromatic rings. The third kappa shape index (κ3) is 5.86. The zero-order valence-corrected chi connectivity index (χ0v) is 28.4. The fourth-order valence-corrected chi connectivity index (χ4v) is 6.67. The van der Waals surface area contributed by atoms with Gasteiger partial charge in [-0.25, -0.2) is 0 Å². The summed E-state index contributed by atoms with van der Waals surface area (Å²) in [5, 5.41) is 4.78. The largest absolute Gasteiger partial charge is 0.494 e. The molecular weight excluding hydrogens is 599 g/mol. The monoisotopic (exact) mass is 638 g/mol. The number of hydrogen-bond acceptors (Lipinski definition) is 4. The second-order valence-corrected chi connectivity index (χ2v) is 13.8. The summed E-state index contributed by atoms with van der Waals surface area (Å²) >= 11 is 0. The lowest BCUT2D eigenvalue weighted by molar-refractivity contribution is 0.00578. The summed E-state index contributed by atoms with van der Waals surface area (Å²) in [7, 11) is -0.549. The molecule has 0 amide bonds. The Hall–Kier alpha value is -5.36. The van der Waals surface area contributed by atoms with Gasteiger partial charge in [-0.1, -0.05) is 97.1 Å². The van der Waals surface area contributed by atoms with Crippen molar-refractivity contribution in [3.63, 3.8) is 0 Å².